The summed E-state index contributed by atoms with van der Waals surface area (Å²) in [6.45, 7) is 1.56. The van der Waals surface area contributed by atoms with Crippen LogP contribution < -0.4 is 10.2 Å². The molecule has 23 heavy (non-hydrogen) atoms. The van der Waals surface area contributed by atoms with Gasteiger partial charge in [-0.25, -0.2) is 4.79 Å². The normalized spacial score (nSPS) is 22.5. The lowest BCUT2D eigenvalue weighted by atomic mass is 10.1. The molecule has 3 rings (SSSR count). The van der Waals surface area contributed by atoms with Crippen molar-refractivity contribution in [2.24, 2.45) is 0 Å². The fourth-order valence-corrected chi connectivity index (χ4v) is 3.14. The number of rotatable bonds is 2. The number of carbonyl (C=O) groups excluding carboxylic acids is 2. The van der Waals surface area contributed by atoms with Crippen LogP contribution in [0.15, 0.2) is 24.3 Å². The predicted molar refractivity (Wildman–Crippen MR) is 87.6 cm³/mol. The van der Waals surface area contributed by atoms with Crippen LogP contribution in [0.1, 0.15) is 19.3 Å². The van der Waals surface area contributed by atoms with Crippen molar-refractivity contribution in [2.45, 2.75) is 31.4 Å². The number of nitrogens with zero attached hydrogens (tertiary/aromatic N) is 2. The molecular formula is C16H20ClN3O3. The molecular weight excluding hydrogens is 318 g/mol. The molecule has 1 unspecified atom stereocenters. The summed E-state index contributed by atoms with van der Waals surface area (Å²) in [6.07, 6.45) is 1.19. The average molecular weight is 338 g/mol. The lowest BCUT2D eigenvalue weighted by Gasteiger charge is -2.30. The second kappa shape index (κ2) is 6.76. The molecule has 7 heteroatoms. The molecule has 1 aromatic carbocycles. The van der Waals surface area contributed by atoms with Gasteiger partial charge in [0.15, 0.2) is 0 Å². The predicted octanol–water partition coefficient (Wildman–Crippen LogP) is 1.61. The molecule has 3 amide bonds. The summed E-state index contributed by atoms with van der Waals surface area (Å²) >= 11 is 5.86. The van der Waals surface area contributed by atoms with Gasteiger partial charge in [0.25, 0.3) is 0 Å². The van der Waals surface area contributed by atoms with Gasteiger partial charge in [-0.2, -0.15) is 0 Å². The topological polar surface area (TPSA) is 72.9 Å². The van der Waals surface area contributed by atoms with Crippen LogP contribution in [0.25, 0.3) is 0 Å². The maximum atomic E-state index is 12.2. The number of benzene rings is 1. The smallest absolute Gasteiger partial charge is 0.317 e. The number of amides is 3. The van der Waals surface area contributed by atoms with Crippen molar-refractivity contribution < 1.29 is 14.7 Å². The number of hydrogen-bond acceptors (Lipinski definition) is 3. The third-order valence-corrected chi connectivity index (χ3v) is 4.59. The first kappa shape index (κ1) is 16.1. The minimum absolute atomic E-state index is 0.00770. The number of aliphatic hydroxyl groups is 1. The monoisotopic (exact) mass is 337 g/mol. The number of piperidine rings is 1. The largest absolute Gasteiger partial charge is 0.393 e. The van der Waals surface area contributed by atoms with Crippen molar-refractivity contribution in [2.75, 3.05) is 24.5 Å². The van der Waals surface area contributed by atoms with Gasteiger partial charge in [0.2, 0.25) is 5.91 Å². The van der Waals surface area contributed by atoms with E-state index >= 15 is 0 Å². The maximum absolute atomic E-state index is 12.2. The number of aliphatic hydroxyl groups excluding tert-OH is 1. The van der Waals surface area contributed by atoms with Crippen LogP contribution in [0.3, 0.4) is 0 Å². The molecule has 0 aliphatic carbocycles. The summed E-state index contributed by atoms with van der Waals surface area (Å²) < 4.78 is 0. The highest BCUT2D eigenvalue weighted by Gasteiger charge is 2.33. The van der Waals surface area contributed by atoms with Crippen molar-refractivity contribution in [3.8, 4) is 0 Å². The highest BCUT2D eigenvalue weighted by Crippen LogP contribution is 2.23. The summed E-state index contributed by atoms with van der Waals surface area (Å²) in [6, 6.07) is 6.74. The first-order valence-electron chi connectivity index (χ1n) is 7.82. The summed E-state index contributed by atoms with van der Waals surface area (Å²) in [5.41, 5.74) is 0.789. The van der Waals surface area contributed by atoms with Gasteiger partial charge in [-0.1, -0.05) is 11.6 Å². The lowest BCUT2D eigenvalue weighted by molar-refractivity contribution is -0.117. The number of urea groups is 1. The molecule has 0 bridgehead atoms. The van der Waals surface area contributed by atoms with Crippen LogP contribution in [0, 0.1) is 0 Å². The molecule has 2 fully saturated rings. The number of nitrogens with one attached hydrogen (secondary N) is 1. The molecule has 2 heterocycles. The molecule has 0 saturated carbocycles. The maximum Gasteiger partial charge on any atom is 0.317 e. The van der Waals surface area contributed by atoms with Gasteiger partial charge in [0, 0.05) is 36.8 Å². The van der Waals surface area contributed by atoms with Crippen LogP contribution in [0.4, 0.5) is 10.5 Å². The lowest BCUT2D eigenvalue weighted by Crippen LogP contribution is -2.49. The van der Waals surface area contributed by atoms with Gasteiger partial charge < -0.3 is 20.2 Å². The van der Waals surface area contributed by atoms with E-state index in [1.165, 1.54) is 0 Å². The third kappa shape index (κ3) is 3.76. The minimum atomic E-state index is -0.312. The first-order valence-corrected chi connectivity index (χ1v) is 8.20. The molecule has 2 saturated heterocycles. The molecule has 1 atom stereocenters. The third-order valence-electron chi connectivity index (χ3n) is 4.34. The van der Waals surface area contributed by atoms with E-state index < -0.39 is 0 Å². The van der Waals surface area contributed by atoms with Crippen LogP contribution in [0.5, 0.6) is 0 Å². The molecule has 0 aromatic heterocycles. The number of likely N-dealkylation sites (tertiary alicyclic amines) is 1. The quantitative estimate of drug-likeness (QED) is 0.861. The molecule has 6 nitrogen and oxygen atoms in total. The zero-order valence-corrected chi connectivity index (χ0v) is 13.5. The van der Waals surface area contributed by atoms with Crippen molar-refractivity contribution >= 4 is 29.2 Å². The second-order valence-electron chi connectivity index (χ2n) is 6.05. The van der Waals surface area contributed by atoms with Crippen LogP contribution in [-0.4, -0.2) is 53.7 Å². The highest BCUT2D eigenvalue weighted by molar-refractivity contribution is 6.30. The van der Waals surface area contributed by atoms with Gasteiger partial charge in [0.05, 0.1) is 12.1 Å². The number of carbonyl (C=O) groups is 2. The average Bonchev–Trinajstić information content (AvgIpc) is 2.89. The fraction of sp³-hybridized carbons (Fsp3) is 0.500. The Morgan fingerprint density at radius 1 is 1.22 bits per heavy atom. The van der Waals surface area contributed by atoms with E-state index in [0.717, 1.165) is 5.69 Å². The van der Waals surface area contributed by atoms with E-state index in [2.05, 4.69) is 5.32 Å². The van der Waals surface area contributed by atoms with Gasteiger partial charge in [-0.05, 0) is 37.1 Å². The van der Waals surface area contributed by atoms with E-state index in [1.54, 1.807) is 34.1 Å². The summed E-state index contributed by atoms with van der Waals surface area (Å²) in [5.74, 6) is -0.00770. The van der Waals surface area contributed by atoms with E-state index in [9.17, 15) is 14.7 Å². The molecule has 0 radical (unpaired) electrons. The van der Waals surface area contributed by atoms with Gasteiger partial charge in [-0.15, -0.1) is 0 Å². The minimum Gasteiger partial charge on any atom is -0.393 e. The fourth-order valence-electron chi connectivity index (χ4n) is 3.01. The van der Waals surface area contributed by atoms with Crippen LogP contribution >= 0.6 is 11.6 Å². The zero-order chi connectivity index (χ0) is 16.4. The molecule has 124 valence electrons. The molecule has 2 aliphatic heterocycles. The van der Waals surface area contributed by atoms with Crippen molar-refractivity contribution in [1.29, 1.82) is 0 Å². The van der Waals surface area contributed by atoms with Crippen LogP contribution in [-0.2, 0) is 4.79 Å². The summed E-state index contributed by atoms with van der Waals surface area (Å²) in [4.78, 5) is 27.8. The second-order valence-corrected chi connectivity index (χ2v) is 6.49. The molecule has 2 aliphatic rings. The first-order chi connectivity index (χ1) is 11.0. The van der Waals surface area contributed by atoms with Gasteiger partial charge >= 0.3 is 6.03 Å². The van der Waals surface area contributed by atoms with Crippen molar-refractivity contribution in [3.05, 3.63) is 29.3 Å². The standard InChI is InChI=1S/C16H20ClN3O3/c17-11-1-3-13(4-2-11)20-10-12(9-15(20)22)18-16(23)19-7-5-14(21)6-8-19/h1-4,12,14,21H,5-10H2,(H,18,23). The van der Waals surface area contributed by atoms with Crippen molar-refractivity contribution in [3.63, 3.8) is 0 Å². The van der Waals surface area contributed by atoms with E-state index in [1.807, 2.05) is 0 Å². The number of halogens is 1. The van der Waals surface area contributed by atoms with Gasteiger partial charge in [0.1, 0.15) is 0 Å². The zero-order valence-electron chi connectivity index (χ0n) is 12.7. The Kier molecular flexibility index (Phi) is 4.73. The Hall–Kier alpha value is -1.79. The Morgan fingerprint density at radius 2 is 1.87 bits per heavy atom. The van der Waals surface area contributed by atoms with Crippen molar-refractivity contribution in [1.82, 2.24) is 10.2 Å². The summed E-state index contributed by atoms with van der Waals surface area (Å²) in [5, 5.41) is 13.0. The van der Waals surface area contributed by atoms with E-state index in [-0.39, 0.29) is 24.1 Å². The van der Waals surface area contributed by atoms with Crippen LogP contribution in [0.2, 0.25) is 5.02 Å². The Labute approximate surface area is 140 Å². The Balaban J connectivity index is 1.57. The molecule has 2 N–H and O–H groups in total. The number of hydrogen-bond donors (Lipinski definition) is 2. The van der Waals surface area contributed by atoms with E-state index in [4.69, 9.17) is 11.6 Å². The number of anilines is 1. The molecule has 0 spiro atoms. The van der Waals surface area contributed by atoms with Gasteiger partial charge in [-0.3, -0.25) is 4.79 Å². The molecule has 1 aromatic rings. The van der Waals surface area contributed by atoms with E-state index in [0.29, 0.717) is 43.9 Å². The SMILES string of the molecule is O=C(NC1CC(=O)N(c2ccc(Cl)cc2)C1)N1CCC(O)CC1. The Morgan fingerprint density at radius 3 is 2.52 bits per heavy atom. The summed E-state index contributed by atoms with van der Waals surface area (Å²) in [7, 11) is 0. The highest BCUT2D eigenvalue weighted by atomic mass is 35.5. The Bertz CT molecular complexity index is 585.